The molecule has 37 heavy (non-hydrogen) atoms. The molecule has 7 heteroatoms. The van der Waals surface area contributed by atoms with Crippen molar-refractivity contribution < 1.29 is 14.7 Å². The third-order valence-corrected chi connectivity index (χ3v) is 6.63. The number of rotatable bonds is 12. The van der Waals surface area contributed by atoms with Crippen molar-refractivity contribution >= 4 is 22.8 Å². The summed E-state index contributed by atoms with van der Waals surface area (Å²) in [4.78, 5) is 31.1. The number of hydrazine groups is 1. The molecule has 0 bridgehead atoms. The first-order chi connectivity index (χ1) is 18.0. The Morgan fingerprint density at radius 3 is 2.16 bits per heavy atom. The Hall–Kier alpha value is -3.94. The van der Waals surface area contributed by atoms with Crippen molar-refractivity contribution in [2.75, 3.05) is 13.6 Å². The molecular formula is C30H34N4O3. The Morgan fingerprint density at radius 2 is 1.51 bits per heavy atom. The molecule has 0 aliphatic carbocycles. The topological polar surface area (TPSA) is 88.7 Å². The van der Waals surface area contributed by atoms with E-state index in [2.05, 4.69) is 10.4 Å². The standard InChI is InChI=1S/C30H34N4O3/c1-3-34(32-27(30(36)37)19-24-20-31-26-17-11-10-16-25(24)26)28(18-22-12-6-4-7-13-22)29(35)33(2)21-23-14-8-5-9-15-23/h4-17,20,27-28,31-32H,3,18-19,21H2,1-2H3,(H,36,37)/t27-,28-/m0/s1. The average Bonchev–Trinajstić information content (AvgIpc) is 3.33. The Labute approximate surface area is 217 Å². The predicted molar refractivity (Wildman–Crippen MR) is 146 cm³/mol. The van der Waals surface area contributed by atoms with Crippen LogP contribution in [0.1, 0.15) is 23.6 Å². The molecule has 1 aromatic heterocycles. The maximum atomic E-state index is 13.8. The average molecular weight is 499 g/mol. The third kappa shape index (κ3) is 6.64. The number of hydrogen-bond acceptors (Lipinski definition) is 4. The lowest BCUT2D eigenvalue weighted by Crippen LogP contribution is -2.58. The van der Waals surface area contributed by atoms with Crippen LogP contribution in [0.15, 0.2) is 91.1 Å². The second kappa shape index (κ2) is 12.3. The van der Waals surface area contributed by atoms with Crippen LogP contribution >= 0.6 is 0 Å². The van der Waals surface area contributed by atoms with Gasteiger partial charge in [-0.1, -0.05) is 85.8 Å². The van der Waals surface area contributed by atoms with Gasteiger partial charge in [0.1, 0.15) is 12.1 Å². The van der Waals surface area contributed by atoms with Gasteiger partial charge in [-0.05, 0) is 29.2 Å². The smallest absolute Gasteiger partial charge is 0.322 e. The Kier molecular flexibility index (Phi) is 8.72. The van der Waals surface area contributed by atoms with Crippen LogP contribution in [-0.4, -0.2) is 57.6 Å². The second-order valence-corrected chi connectivity index (χ2v) is 9.25. The van der Waals surface area contributed by atoms with Gasteiger partial charge in [0.05, 0.1) is 0 Å². The number of aliphatic carboxylic acids is 1. The zero-order chi connectivity index (χ0) is 26.2. The minimum absolute atomic E-state index is 0.0710. The molecule has 0 spiro atoms. The number of amides is 1. The molecule has 7 nitrogen and oxygen atoms in total. The molecule has 0 saturated heterocycles. The van der Waals surface area contributed by atoms with E-state index in [0.29, 0.717) is 19.5 Å². The van der Waals surface area contributed by atoms with Gasteiger partial charge in [-0.2, -0.15) is 0 Å². The Morgan fingerprint density at radius 1 is 0.892 bits per heavy atom. The number of benzene rings is 3. The van der Waals surface area contributed by atoms with Crippen LogP contribution in [0.25, 0.3) is 10.9 Å². The number of likely N-dealkylation sites (N-methyl/N-ethyl adjacent to an activating group) is 2. The third-order valence-electron chi connectivity index (χ3n) is 6.63. The summed E-state index contributed by atoms with van der Waals surface area (Å²) in [6.45, 7) is 2.86. The molecule has 0 aliphatic rings. The van der Waals surface area contributed by atoms with Crippen molar-refractivity contribution in [2.24, 2.45) is 0 Å². The summed E-state index contributed by atoms with van der Waals surface area (Å²) in [7, 11) is 1.79. The molecule has 3 N–H and O–H groups in total. The van der Waals surface area contributed by atoms with Crippen LogP contribution in [0.3, 0.4) is 0 Å². The van der Waals surface area contributed by atoms with Crippen molar-refractivity contribution in [3.63, 3.8) is 0 Å². The number of carbonyl (C=O) groups excluding carboxylic acids is 1. The van der Waals surface area contributed by atoms with Crippen molar-refractivity contribution in [1.82, 2.24) is 20.3 Å². The molecule has 2 atom stereocenters. The number of aromatic nitrogens is 1. The predicted octanol–water partition coefficient (Wildman–Crippen LogP) is 4.26. The fourth-order valence-electron chi connectivity index (χ4n) is 4.67. The van der Waals surface area contributed by atoms with E-state index in [4.69, 9.17) is 0 Å². The van der Waals surface area contributed by atoms with E-state index in [9.17, 15) is 14.7 Å². The molecule has 0 radical (unpaired) electrons. The van der Waals surface area contributed by atoms with E-state index >= 15 is 0 Å². The molecule has 0 saturated carbocycles. The van der Waals surface area contributed by atoms with Gasteiger partial charge in [-0.3, -0.25) is 9.59 Å². The number of fused-ring (bicyclic) bond motifs is 1. The number of aromatic amines is 1. The van der Waals surface area contributed by atoms with Gasteiger partial charge in [-0.15, -0.1) is 0 Å². The van der Waals surface area contributed by atoms with Crippen LogP contribution < -0.4 is 5.43 Å². The number of carboxylic acid groups (broad SMARTS) is 1. The van der Waals surface area contributed by atoms with Gasteiger partial charge in [-0.25, -0.2) is 10.4 Å². The summed E-state index contributed by atoms with van der Waals surface area (Å²) in [5, 5.41) is 12.9. The zero-order valence-electron chi connectivity index (χ0n) is 21.3. The Bertz CT molecular complexity index is 1310. The van der Waals surface area contributed by atoms with Crippen LogP contribution in [0, 0.1) is 0 Å². The first-order valence-electron chi connectivity index (χ1n) is 12.6. The monoisotopic (exact) mass is 498 g/mol. The van der Waals surface area contributed by atoms with Crippen molar-refractivity contribution in [3.05, 3.63) is 108 Å². The number of nitrogens with one attached hydrogen (secondary N) is 2. The van der Waals surface area contributed by atoms with Gasteiger partial charge < -0.3 is 15.0 Å². The van der Waals surface area contributed by atoms with Gasteiger partial charge >= 0.3 is 5.97 Å². The number of H-pyrrole nitrogens is 1. The van der Waals surface area contributed by atoms with Crippen molar-refractivity contribution in [1.29, 1.82) is 0 Å². The first-order valence-corrected chi connectivity index (χ1v) is 12.6. The number of hydrogen-bond donors (Lipinski definition) is 3. The van der Waals surface area contributed by atoms with Crippen molar-refractivity contribution in [3.8, 4) is 0 Å². The molecule has 1 amide bonds. The highest BCUT2D eigenvalue weighted by molar-refractivity contribution is 5.84. The number of para-hydroxylation sites is 1. The minimum atomic E-state index is -0.965. The SMILES string of the molecule is CCN(N[C@@H](Cc1c[nH]c2ccccc12)C(=O)O)[C@@H](Cc1ccccc1)C(=O)N(C)Cc1ccccc1. The van der Waals surface area contributed by atoms with Crippen LogP contribution in [0.4, 0.5) is 0 Å². The number of carbonyl (C=O) groups is 2. The number of carboxylic acids is 1. The van der Waals surface area contributed by atoms with E-state index in [1.54, 1.807) is 17.0 Å². The van der Waals surface area contributed by atoms with Crippen LogP contribution in [0.5, 0.6) is 0 Å². The summed E-state index contributed by atoms with van der Waals surface area (Å²) in [5.41, 5.74) is 7.13. The molecule has 4 aromatic rings. The fraction of sp³-hybridized carbons (Fsp3) is 0.267. The molecule has 0 unspecified atom stereocenters. The maximum absolute atomic E-state index is 13.8. The molecule has 192 valence electrons. The molecule has 0 fully saturated rings. The van der Waals surface area contributed by atoms with Gasteiger partial charge in [0.2, 0.25) is 5.91 Å². The maximum Gasteiger partial charge on any atom is 0.322 e. The van der Waals surface area contributed by atoms with E-state index in [1.807, 2.05) is 98.0 Å². The highest BCUT2D eigenvalue weighted by atomic mass is 16.4. The normalized spacial score (nSPS) is 12.9. The largest absolute Gasteiger partial charge is 0.480 e. The lowest BCUT2D eigenvalue weighted by molar-refractivity contribution is -0.145. The summed E-state index contributed by atoms with van der Waals surface area (Å²) in [6.07, 6.45) is 2.60. The van der Waals surface area contributed by atoms with E-state index in [1.165, 1.54) is 0 Å². The highest BCUT2D eigenvalue weighted by Gasteiger charge is 2.31. The molecule has 0 aliphatic heterocycles. The Balaban J connectivity index is 1.57. The molecule has 3 aromatic carbocycles. The van der Waals surface area contributed by atoms with E-state index in [0.717, 1.165) is 27.6 Å². The summed E-state index contributed by atoms with van der Waals surface area (Å²) >= 11 is 0. The van der Waals surface area contributed by atoms with Gasteiger partial charge in [0.15, 0.2) is 0 Å². The van der Waals surface area contributed by atoms with Gasteiger partial charge in [0.25, 0.3) is 0 Å². The lowest BCUT2D eigenvalue weighted by atomic mass is 10.0. The molecule has 4 rings (SSSR count). The summed E-state index contributed by atoms with van der Waals surface area (Å²) < 4.78 is 0. The fourth-order valence-corrected chi connectivity index (χ4v) is 4.67. The van der Waals surface area contributed by atoms with Gasteiger partial charge in [0, 0.05) is 43.7 Å². The molecule has 1 heterocycles. The van der Waals surface area contributed by atoms with Crippen molar-refractivity contribution in [2.45, 2.75) is 38.4 Å². The lowest BCUT2D eigenvalue weighted by Gasteiger charge is -2.35. The minimum Gasteiger partial charge on any atom is -0.480 e. The summed E-state index contributed by atoms with van der Waals surface area (Å²) in [5.74, 6) is -1.04. The van der Waals surface area contributed by atoms with E-state index < -0.39 is 18.1 Å². The van der Waals surface area contributed by atoms with Crippen LogP contribution in [0.2, 0.25) is 0 Å². The highest BCUT2D eigenvalue weighted by Crippen LogP contribution is 2.20. The quantitative estimate of drug-likeness (QED) is 0.254. The van der Waals surface area contributed by atoms with Crippen LogP contribution in [-0.2, 0) is 29.0 Å². The van der Waals surface area contributed by atoms with E-state index in [-0.39, 0.29) is 12.3 Å². The zero-order valence-corrected chi connectivity index (χ0v) is 21.3. The second-order valence-electron chi connectivity index (χ2n) is 9.25. The summed E-state index contributed by atoms with van der Waals surface area (Å²) in [6, 6.07) is 26.0. The first kappa shape index (κ1) is 26.1. The molecular weight excluding hydrogens is 464 g/mol. The number of nitrogens with zero attached hydrogens (tertiary/aromatic N) is 2.